The van der Waals surface area contributed by atoms with E-state index in [4.69, 9.17) is 21.1 Å². The van der Waals surface area contributed by atoms with E-state index in [1.54, 1.807) is 40.8 Å². The summed E-state index contributed by atoms with van der Waals surface area (Å²) in [6.45, 7) is 3.73. The summed E-state index contributed by atoms with van der Waals surface area (Å²) in [4.78, 5) is 12.8. The third-order valence-corrected chi connectivity index (χ3v) is 8.83. The highest BCUT2D eigenvalue weighted by atomic mass is 35.5. The van der Waals surface area contributed by atoms with Crippen molar-refractivity contribution in [2.45, 2.75) is 63.5 Å². The number of hydrogen-bond acceptors (Lipinski definition) is 7. The highest BCUT2D eigenvalue weighted by molar-refractivity contribution is 7.88. The van der Waals surface area contributed by atoms with Crippen molar-refractivity contribution in [1.29, 1.82) is 0 Å². The van der Waals surface area contributed by atoms with Crippen molar-refractivity contribution in [2.75, 3.05) is 0 Å². The highest BCUT2D eigenvalue weighted by Gasteiger charge is 2.47. The number of nitrogens with zero attached hydrogens (tertiary/aromatic N) is 4. The van der Waals surface area contributed by atoms with Gasteiger partial charge in [0.15, 0.2) is 5.75 Å². The molecule has 2 fully saturated rings. The second-order valence-electron chi connectivity index (χ2n) is 9.11. The van der Waals surface area contributed by atoms with Crippen molar-refractivity contribution in [3.8, 4) is 17.5 Å². The zero-order chi connectivity index (χ0) is 24.6. The van der Waals surface area contributed by atoms with E-state index in [2.05, 4.69) is 15.0 Å². The van der Waals surface area contributed by atoms with Crippen LogP contribution in [0.2, 0.25) is 5.02 Å². The smallest absolute Gasteiger partial charge is 0.229 e. The van der Waals surface area contributed by atoms with E-state index < -0.39 is 10.0 Å². The lowest BCUT2D eigenvalue weighted by atomic mass is 10.0. The SMILES string of the molecule is Cc1ncccc1Oc1ncnc(OC2CC3CC[C@@H](C2)N3S(=O)(=O)Cc2ccc(Cl)cc2)c1C. The maximum atomic E-state index is 13.3. The molecule has 5 rings (SSSR count). The van der Waals surface area contributed by atoms with Crippen LogP contribution in [0.4, 0.5) is 0 Å². The molecule has 3 aromatic rings. The number of hydrogen-bond donors (Lipinski definition) is 0. The summed E-state index contributed by atoms with van der Waals surface area (Å²) in [5, 5.41) is 0.591. The molecule has 2 aliphatic rings. The Bertz CT molecular complexity index is 1310. The standard InChI is InChI=1S/C25H27ClN4O4S/c1-16-24(28-15-29-25(16)34-23-4-3-11-27-17(23)2)33-22-12-20-9-10-21(13-22)30(20)35(31,32)14-18-5-7-19(26)8-6-18/h3-8,11,15,20-22H,9-10,12-14H2,1-2H3/t20-,21?,22?/m0/s1. The minimum absolute atomic E-state index is 0.0256. The summed E-state index contributed by atoms with van der Waals surface area (Å²) in [5.41, 5.74) is 2.19. The molecule has 2 aromatic heterocycles. The molecular weight excluding hydrogens is 488 g/mol. The van der Waals surface area contributed by atoms with Gasteiger partial charge in [-0.3, -0.25) is 4.98 Å². The third kappa shape index (κ3) is 5.12. The molecule has 8 nitrogen and oxygen atoms in total. The molecule has 1 aromatic carbocycles. The first kappa shape index (κ1) is 24.0. The fourth-order valence-corrected chi connectivity index (χ4v) is 7.16. The molecule has 0 spiro atoms. The van der Waals surface area contributed by atoms with Gasteiger partial charge in [-0.2, -0.15) is 4.31 Å². The zero-order valence-electron chi connectivity index (χ0n) is 19.6. The van der Waals surface area contributed by atoms with Crippen molar-refractivity contribution < 1.29 is 17.9 Å². The summed E-state index contributed by atoms with van der Waals surface area (Å²) < 4.78 is 40.5. The van der Waals surface area contributed by atoms with E-state index in [0.717, 1.165) is 24.1 Å². The maximum Gasteiger partial charge on any atom is 0.229 e. The number of benzene rings is 1. The van der Waals surface area contributed by atoms with E-state index in [9.17, 15) is 8.42 Å². The molecular formula is C25H27ClN4O4S. The number of aryl methyl sites for hydroxylation is 1. The Hall–Kier alpha value is -2.75. The molecule has 0 radical (unpaired) electrons. The number of fused-ring (bicyclic) bond motifs is 2. The predicted molar refractivity (Wildman–Crippen MR) is 132 cm³/mol. The molecule has 35 heavy (non-hydrogen) atoms. The van der Waals surface area contributed by atoms with Crippen molar-refractivity contribution in [2.24, 2.45) is 0 Å². The lowest BCUT2D eigenvalue weighted by molar-refractivity contribution is 0.0907. The van der Waals surface area contributed by atoms with Gasteiger partial charge in [0, 0.05) is 36.1 Å². The Morgan fingerprint density at radius 3 is 2.37 bits per heavy atom. The minimum atomic E-state index is -3.45. The largest absolute Gasteiger partial charge is 0.474 e. The lowest BCUT2D eigenvalue weighted by Crippen LogP contribution is -2.49. The first-order valence-corrected chi connectivity index (χ1v) is 13.6. The highest BCUT2D eigenvalue weighted by Crippen LogP contribution is 2.40. The Labute approximate surface area is 210 Å². The minimum Gasteiger partial charge on any atom is -0.474 e. The van der Waals surface area contributed by atoms with Gasteiger partial charge >= 0.3 is 0 Å². The van der Waals surface area contributed by atoms with Gasteiger partial charge in [0.05, 0.1) is 17.0 Å². The quantitative estimate of drug-likeness (QED) is 0.445. The summed E-state index contributed by atoms with van der Waals surface area (Å²) >= 11 is 5.95. The summed E-state index contributed by atoms with van der Waals surface area (Å²) in [5.74, 6) is 1.47. The van der Waals surface area contributed by atoms with Gasteiger partial charge in [-0.15, -0.1) is 0 Å². The number of ether oxygens (including phenoxy) is 2. The molecule has 184 valence electrons. The molecule has 2 aliphatic heterocycles. The fourth-order valence-electron chi connectivity index (χ4n) is 4.98. The fraction of sp³-hybridized carbons (Fsp3) is 0.400. The van der Waals surface area contributed by atoms with Crippen LogP contribution in [0, 0.1) is 13.8 Å². The molecule has 2 bridgehead atoms. The van der Waals surface area contributed by atoms with Gasteiger partial charge in [0.1, 0.15) is 12.4 Å². The van der Waals surface area contributed by atoms with Crippen LogP contribution < -0.4 is 9.47 Å². The van der Waals surface area contributed by atoms with Crippen LogP contribution in [-0.2, 0) is 15.8 Å². The van der Waals surface area contributed by atoms with Gasteiger partial charge < -0.3 is 9.47 Å². The first-order valence-electron chi connectivity index (χ1n) is 11.6. The number of halogens is 1. The van der Waals surface area contributed by atoms with Crippen LogP contribution in [-0.4, -0.2) is 45.9 Å². The predicted octanol–water partition coefficient (Wildman–Crippen LogP) is 4.84. The van der Waals surface area contributed by atoms with Gasteiger partial charge in [0.25, 0.3) is 0 Å². The lowest BCUT2D eigenvalue weighted by Gasteiger charge is -2.37. The molecule has 0 aliphatic carbocycles. The van der Waals surface area contributed by atoms with Crippen molar-refractivity contribution in [3.05, 3.63) is 70.8 Å². The summed E-state index contributed by atoms with van der Waals surface area (Å²) in [6, 6.07) is 10.5. The van der Waals surface area contributed by atoms with Gasteiger partial charge in [0.2, 0.25) is 21.8 Å². The average molecular weight is 515 g/mol. The Balaban J connectivity index is 1.28. The van der Waals surface area contributed by atoms with E-state index in [1.807, 2.05) is 19.9 Å². The molecule has 10 heteroatoms. The molecule has 0 saturated carbocycles. The normalized spacial score (nSPS) is 22.2. The molecule has 3 atom stereocenters. The van der Waals surface area contributed by atoms with Crippen LogP contribution in [0.25, 0.3) is 0 Å². The average Bonchev–Trinajstić information content (AvgIpc) is 3.11. The van der Waals surface area contributed by atoms with Crippen LogP contribution in [0.3, 0.4) is 0 Å². The number of piperidine rings is 1. The Morgan fingerprint density at radius 2 is 1.69 bits per heavy atom. The van der Waals surface area contributed by atoms with E-state index >= 15 is 0 Å². The summed E-state index contributed by atoms with van der Waals surface area (Å²) in [7, 11) is -3.45. The number of rotatable bonds is 7. The topological polar surface area (TPSA) is 94.5 Å². The number of pyridine rings is 1. The van der Waals surface area contributed by atoms with Crippen molar-refractivity contribution in [1.82, 2.24) is 19.3 Å². The number of sulfonamides is 1. The Morgan fingerprint density at radius 1 is 1.00 bits per heavy atom. The molecule has 0 amide bonds. The third-order valence-electron chi connectivity index (χ3n) is 6.64. The first-order chi connectivity index (χ1) is 16.8. The Kier molecular flexibility index (Phi) is 6.65. The second-order valence-corrected chi connectivity index (χ2v) is 11.4. The molecule has 0 N–H and O–H groups in total. The summed E-state index contributed by atoms with van der Waals surface area (Å²) in [6.07, 6.45) is 5.92. The van der Waals surface area contributed by atoms with Crippen molar-refractivity contribution in [3.63, 3.8) is 0 Å². The van der Waals surface area contributed by atoms with E-state index in [0.29, 0.717) is 40.9 Å². The van der Waals surface area contributed by atoms with E-state index in [1.165, 1.54) is 6.33 Å². The zero-order valence-corrected chi connectivity index (χ0v) is 21.2. The maximum absolute atomic E-state index is 13.3. The molecule has 2 saturated heterocycles. The number of aromatic nitrogens is 3. The monoisotopic (exact) mass is 514 g/mol. The second kappa shape index (κ2) is 9.72. The molecule has 2 unspecified atom stereocenters. The van der Waals surface area contributed by atoms with Crippen LogP contribution in [0.15, 0.2) is 48.9 Å². The van der Waals surface area contributed by atoms with Crippen LogP contribution >= 0.6 is 11.6 Å². The van der Waals surface area contributed by atoms with Gasteiger partial charge in [-0.05, 0) is 56.5 Å². The van der Waals surface area contributed by atoms with E-state index in [-0.39, 0.29) is 23.9 Å². The van der Waals surface area contributed by atoms with Crippen LogP contribution in [0.5, 0.6) is 17.5 Å². The van der Waals surface area contributed by atoms with Gasteiger partial charge in [-0.1, -0.05) is 23.7 Å². The molecule has 4 heterocycles. The van der Waals surface area contributed by atoms with Crippen LogP contribution in [0.1, 0.15) is 42.5 Å². The van der Waals surface area contributed by atoms with Gasteiger partial charge in [-0.25, -0.2) is 18.4 Å². The van der Waals surface area contributed by atoms with Crippen molar-refractivity contribution >= 4 is 21.6 Å².